The van der Waals surface area contributed by atoms with Crippen molar-refractivity contribution in [2.24, 2.45) is 17.8 Å². The van der Waals surface area contributed by atoms with Gasteiger partial charge in [-0.1, -0.05) is 214 Å². The Kier molecular flexibility index (Phi) is 77.1. The largest absolute Gasteiger partial charge is 0.380 e. The summed E-state index contributed by atoms with van der Waals surface area (Å²) >= 11 is 0. The first-order valence-corrected chi connectivity index (χ1v) is 24.0. The van der Waals surface area contributed by atoms with Crippen LogP contribution in [0.5, 0.6) is 0 Å². The molecule has 0 aromatic rings. The van der Waals surface area contributed by atoms with Gasteiger partial charge < -0.3 is 26.2 Å². The molecule has 4 N–H and O–H groups in total. The molecule has 0 aromatic heterocycles. The number of amides is 2. The number of hydrogen-bond donors (Lipinski definition) is 4. The third-order valence-electron chi connectivity index (χ3n) is 8.76. The lowest BCUT2D eigenvalue weighted by atomic mass is 9.79. The van der Waals surface area contributed by atoms with Gasteiger partial charge in [0.05, 0.1) is 12.1 Å². The van der Waals surface area contributed by atoms with Crippen molar-refractivity contribution in [3.8, 4) is 0 Å². The van der Waals surface area contributed by atoms with E-state index in [1.54, 1.807) is 7.05 Å². The second kappa shape index (κ2) is 61.2. The summed E-state index contributed by atoms with van der Waals surface area (Å²) in [6, 6.07) is 0.799. The highest BCUT2D eigenvalue weighted by Crippen LogP contribution is 2.32. The smallest absolute Gasteiger partial charge is 0.314 e. The van der Waals surface area contributed by atoms with Crippen molar-refractivity contribution in [1.82, 2.24) is 26.2 Å². The number of rotatable bonds is 16. The van der Waals surface area contributed by atoms with Crippen LogP contribution in [-0.2, 0) is 0 Å². The van der Waals surface area contributed by atoms with E-state index in [1.807, 2.05) is 88.7 Å². The van der Waals surface area contributed by atoms with Crippen LogP contribution in [0.3, 0.4) is 0 Å². The van der Waals surface area contributed by atoms with Crippen LogP contribution in [0.25, 0.3) is 0 Å². The Morgan fingerprint density at radius 3 is 1.50 bits per heavy atom. The van der Waals surface area contributed by atoms with Gasteiger partial charge in [-0.25, -0.2) is 4.79 Å². The number of urea groups is 1. The van der Waals surface area contributed by atoms with Crippen LogP contribution < -0.4 is 21.3 Å². The van der Waals surface area contributed by atoms with Crippen LogP contribution in [0, 0.1) is 17.8 Å². The van der Waals surface area contributed by atoms with E-state index in [4.69, 9.17) is 0 Å². The van der Waals surface area contributed by atoms with Crippen LogP contribution >= 0.6 is 0 Å². The van der Waals surface area contributed by atoms with E-state index in [9.17, 15) is 4.79 Å². The highest BCUT2D eigenvalue weighted by atomic mass is 16.2. The maximum atomic E-state index is 10.7. The molecule has 3 unspecified atom stereocenters. The molecule has 2 amide bonds. The molecule has 2 fully saturated rings. The van der Waals surface area contributed by atoms with Crippen LogP contribution in [0.1, 0.15) is 208 Å². The summed E-state index contributed by atoms with van der Waals surface area (Å²) in [6.45, 7) is 58.5. The average Bonchev–Trinajstić information content (AvgIpc) is 3.72. The Labute approximate surface area is 369 Å². The summed E-state index contributed by atoms with van der Waals surface area (Å²) in [5.74, 6) is 2.23. The maximum absolute atomic E-state index is 10.7. The lowest BCUT2D eigenvalue weighted by Crippen LogP contribution is -2.41. The standard InChI is InChI=1S/C18H28N2.C8H18.C7H16N2O.C6H12.C3H8.C2H7N.4C2H6/c1-5-14(3)17(13-16-9-7-10-16)19-15(4)18-11-8-12-20(18)6-2;1-4-5-6-7-8(2)3;1-5(2)6(3)9-7(10)8-4;1-4-6(3)5-2;2*1-3-2;4*1-2/h5-6,16-19H,1-4,7-13H2;8H,4-7H2,1-3H3;5-6H,1-4H3,(H2,8,9,10);3-5H2,1-2H3;3H2,1-2H3;3H,1-2H3;4*1-2H3. The van der Waals surface area contributed by atoms with E-state index >= 15 is 0 Å². The molecule has 3 atom stereocenters. The summed E-state index contributed by atoms with van der Waals surface area (Å²) in [7, 11) is 5.36. The van der Waals surface area contributed by atoms with E-state index in [0.29, 0.717) is 12.0 Å². The molecule has 0 aromatic carbocycles. The van der Waals surface area contributed by atoms with Gasteiger partial charge in [-0.15, -0.1) is 0 Å². The Balaban J connectivity index is -0.0000000934. The monoisotopic (exact) mass is 824 g/mol. The van der Waals surface area contributed by atoms with E-state index in [-0.39, 0.29) is 18.1 Å². The van der Waals surface area contributed by atoms with Gasteiger partial charge >= 0.3 is 6.03 Å². The molecule has 1 aliphatic carbocycles. The minimum Gasteiger partial charge on any atom is -0.380 e. The van der Waals surface area contributed by atoms with Gasteiger partial charge in [0, 0.05) is 25.3 Å². The van der Waals surface area contributed by atoms with Crippen LogP contribution in [0.4, 0.5) is 4.79 Å². The van der Waals surface area contributed by atoms with Gasteiger partial charge in [0.2, 0.25) is 0 Å². The van der Waals surface area contributed by atoms with Gasteiger partial charge in [-0.2, -0.15) is 0 Å². The van der Waals surface area contributed by atoms with Gasteiger partial charge in [0.1, 0.15) is 0 Å². The van der Waals surface area contributed by atoms with Gasteiger partial charge in [0.25, 0.3) is 0 Å². The van der Waals surface area contributed by atoms with Crippen molar-refractivity contribution in [3.05, 3.63) is 62.0 Å². The van der Waals surface area contributed by atoms with Crippen molar-refractivity contribution >= 4 is 6.03 Å². The molecular formula is C52H113N5O. The van der Waals surface area contributed by atoms with Crippen molar-refractivity contribution in [2.75, 3.05) is 27.7 Å². The predicted molar refractivity (Wildman–Crippen MR) is 274 cm³/mol. The van der Waals surface area contributed by atoms with Gasteiger partial charge in [-0.05, 0) is 82.6 Å². The molecule has 352 valence electrons. The van der Waals surface area contributed by atoms with E-state index in [1.165, 1.54) is 63.4 Å². The number of nitrogens with zero attached hydrogens (tertiary/aromatic N) is 1. The molecule has 1 aliphatic heterocycles. The summed E-state index contributed by atoms with van der Waals surface area (Å²) in [5, 5.41) is 11.6. The normalized spacial score (nSPS) is 13.8. The zero-order valence-electron chi connectivity index (χ0n) is 43.9. The topological polar surface area (TPSA) is 68.4 Å². The molecule has 2 rings (SSSR count). The van der Waals surface area contributed by atoms with Crippen molar-refractivity contribution in [3.63, 3.8) is 0 Å². The number of carbonyl (C=O) groups excluding carboxylic acids is 1. The highest BCUT2D eigenvalue weighted by Gasteiger charge is 2.28. The average molecular weight is 825 g/mol. The summed E-state index contributed by atoms with van der Waals surface area (Å²) in [4.78, 5) is 13.0. The Hall–Kier alpha value is -2.47. The first kappa shape index (κ1) is 73.1. The van der Waals surface area contributed by atoms with Crippen LogP contribution in [0.15, 0.2) is 62.0 Å². The fourth-order valence-corrected chi connectivity index (χ4v) is 4.71. The zero-order valence-corrected chi connectivity index (χ0v) is 43.9. The second-order valence-electron chi connectivity index (χ2n) is 14.4. The molecule has 2 aliphatic rings. The van der Waals surface area contributed by atoms with Crippen molar-refractivity contribution in [2.45, 2.75) is 226 Å². The quantitative estimate of drug-likeness (QED) is 0.0711. The predicted octanol–water partition coefficient (Wildman–Crippen LogP) is 15.9. The first-order valence-electron chi connectivity index (χ1n) is 24.0. The van der Waals surface area contributed by atoms with E-state index in [2.05, 4.69) is 121 Å². The maximum Gasteiger partial charge on any atom is 0.314 e. The van der Waals surface area contributed by atoms with Crippen molar-refractivity contribution < 1.29 is 4.79 Å². The van der Waals surface area contributed by atoms with Crippen molar-refractivity contribution in [1.29, 1.82) is 0 Å². The van der Waals surface area contributed by atoms with E-state index in [0.717, 1.165) is 55.3 Å². The number of allylic oxidation sites excluding steroid dienone is 1. The van der Waals surface area contributed by atoms with Gasteiger partial charge in [-0.3, -0.25) is 0 Å². The number of carbonyl (C=O) groups is 1. The summed E-state index contributed by atoms with van der Waals surface area (Å²) in [6.07, 6.45) is 20.6. The summed E-state index contributed by atoms with van der Waals surface area (Å²) in [5.41, 5.74) is 3.53. The highest BCUT2D eigenvalue weighted by molar-refractivity contribution is 5.73. The number of likely N-dealkylation sites (tertiary alicyclic amines) is 1. The molecule has 58 heavy (non-hydrogen) atoms. The Morgan fingerprint density at radius 2 is 1.21 bits per heavy atom. The minimum absolute atomic E-state index is 0.110. The molecule has 1 saturated heterocycles. The first-order chi connectivity index (χ1) is 27.6. The van der Waals surface area contributed by atoms with Crippen LogP contribution in [0.2, 0.25) is 0 Å². The third-order valence-corrected chi connectivity index (χ3v) is 8.76. The van der Waals surface area contributed by atoms with Crippen LogP contribution in [-0.4, -0.2) is 56.7 Å². The molecule has 0 bridgehead atoms. The molecule has 1 saturated carbocycles. The molecule has 0 radical (unpaired) electrons. The summed E-state index contributed by atoms with van der Waals surface area (Å²) < 4.78 is 0. The van der Waals surface area contributed by atoms with E-state index < -0.39 is 0 Å². The minimum atomic E-state index is -0.110. The molecule has 6 nitrogen and oxygen atoms in total. The molecule has 0 spiro atoms. The lowest BCUT2D eigenvalue weighted by Gasteiger charge is -2.33. The molecular weight excluding hydrogens is 711 g/mol. The fourth-order valence-electron chi connectivity index (χ4n) is 4.71. The third kappa shape index (κ3) is 53.5. The Bertz CT molecular complexity index is 839. The molecule has 6 heteroatoms. The SMILES string of the molecule is C=C(CC)CC.C=CC(=C)C(CC1CCC1)NC(=C)C1CCCN1C=C.CC.CC.CC.CC.CCC.CCCCCC(C)C.CNC.CNC(=O)NC(C)C(C)C. The Morgan fingerprint density at radius 1 is 0.741 bits per heavy atom. The van der Waals surface area contributed by atoms with Gasteiger partial charge in [0.15, 0.2) is 0 Å². The number of unbranched alkanes of at least 4 members (excludes halogenated alkanes) is 2. The lowest BCUT2D eigenvalue weighted by molar-refractivity contribution is 0.236. The second-order valence-corrected chi connectivity index (χ2v) is 14.4. The number of nitrogens with one attached hydrogen (secondary N) is 4. The number of hydrogen-bond acceptors (Lipinski definition) is 4. The zero-order chi connectivity index (χ0) is 47.5. The fraction of sp³-hybridized carbons (Fsp3) is 0.788. The molecule has 1 heterocycles.